The quantitative estimate of drug-likeness (QED) is 0.0542. The lowest BCUT2D eigenvalue weighted by molar-refractivity contribution is -0.383. The Hall–Kier alpha value is -5.60. The van der Waals surface area contributed by atoms with E-state index in [0.29, 0.717) is 27.7 Å². The van der Waals surface area contributed by atoms with Crippen LogP contribution in [0.15, 0.2) is 41.8 Å². The molecular weight excluding hydrogens is 522 g/mol. The maximum atomic E-state index is 13.1. The van der Waals surface area contributed by atoms with Crippen molar-refractivity contribution < 1.29 is 24.5 Å². The van der Waals surface area contributed by atoms with Gasteiger partial charge in [-0.15, -0.1) is 0 Å². The molecule has 15 heteroatoms. The highest BCUT2D eigenvalue weighted by Crippen LogP contribution is 2.31. The summed E-state index contributed by atoms with van der Waals surface area (Å²) in [4.78, 5) is 55.5. The largest absolute Gasteiger partial charge is 0.409 e. The number of amidine groups is 1. The summed E-state index contributed by atoms with van der Waals surface area (Å²) in [5.74, 6) is -1.59. The maximum Gasteiger partial charge on any atom is 0.279 e. The molecule has 1 aromatic carbocycles. The third-order valence-corrected chi connectivity index (χ3v) is 6.42. The average molecular weight is 550 g/mol. The molecule has 0 aliphatic carbocycles. The molecule has 0 spiro atoms. The predicted molar refractivity (Wildman–Crippen MR) is 147 cm³/mol. The molecule has 0 unspecified atom stereocenters. The van der Waals surface area contributed by atoms with Crippen LogP contribution in [0.25, 0.3) is 10.9 Å². The third-order valence-electron chi connectivity index (χ3n) is 6.42. The number of aryl methyl sites for hydroxylation is 2. The number of H-pyrrole nitrogens is 2. The van der Waals surface area contributed by atoms with E-state index in [0.717, 1.165) is 0 Å². The van der Waals surface area contributed by atoms with Gasteiger partial charge in [-0.2, -0.15) is 0 Å². The van der Waals surface area contributed by atoms with E-state index in [4.69, 9.17) is 10.9 Å². The monoisotopic (exact) mass is 549 g/mol. The van der Waals surface area contributed by atoms with Crippen LogP contribution in [-0.2, 0) is 7.05 Å². The minimum absolute atomic E-state index is 0.0353. The number of benzene rings is 1. The number of aromatic nitrogens is 3. The maximum absolute atomic E-state index is 13.1. The van der Waals surface area contributed by atoms with Crippen molar-refractivity contribution in [2.75, 3.05) is 17.2 Å². The van der Waals surface area contributed by atoms with Crippen molar-refractivity contribution in [2.24, 2.45) is 17.9 Å². The first-order chi connectivity index (χ1) is 19.0. The zero-order valence-corrected chi connectivity index (χ0v) is 21.8. The van der Waals surface area contributed by atoms with Crippen molar-refractivity contribution in [3.63, 3.8) is 0 Å². The fourth-order valence-electron chi connectivity index (χ4n) is 4.35. The van der Waals surface area contributed by atoms with E-state index in [1.807, 2.05) is 0 Å². The number of amides is 3. The first-order valence-corrected chi connectivity index (χ1v) is 12.0. The van der Waals surface area contributed by atoms with Crippen LogP contribution < -0.4 is 21.7 Å². The van der Waals surface area contributed by atoms with Crippen molar-refractivity contribution in [3.05, 3.63) is 75.0 Å². The summed E-state index contributed by atoms with van der Waals surface area (Å²) in [5.41, 5.74) is 7.70. The SMILES string of the molecule is Cc1c(NC(=O)c2[nH]c3cccc([N+](=O)[O-])c3c2C)c[nH]c1C(=O)Nc1ccn(C)c1C(=O)NCCC(N)=NO. The van der Waals surface area contributed by atoms with Crippen LogP contribution in [0.5, 0.6) is 0 Å². The van der Waals surface area contributed by atoms with E-state index in [-0.39, 0.29) is 47.3 Å². The highest BCUT2D eigenvalue weighted by Gasteiger charge is 2.24. The van der Waals surface area contributed by atoms with Crippen LogP contribution in [0.1, 0.15) is 49.0 Å². The fourth-order valence-corrected chi connectivity index (χ4v) is 4.35. The number of aromatic amines is 2. The van der Waals surface area contributed by atoms with Gasteiger partial charge in [-0.1, -0.05) is 11.2 Å². The molecule has 40 heavy (non-hydrogen) atoms. The van der Waals surface area contributed by atoms with E-state index in [2.05, 4.69) is 31.1 Å². The molecule has 0 saturated carbocycles. The summed E-state index contributed by atoms with van der Waals surface area (Å²) in [5, 5.41) is 31.3. The van der Waals surface area contributed by atoms with Crippen LogP contribution in [0.2, 0.25) is 0 Å². The number of carbonyl (C=O) groups excluding carboxylic acids is 3. The van der Waals surface area contributed by atoms with Crippen molar-refractivity contribution >= 4 is 51.5 Å². The lowest BCUT2D eigenvalue weighted by Gasteiger charge is -2.10. The highest BCUT2D eigenvalue weighted by atomic mass is 16.6. The van der Waals surface area contributed by atoms with Crippen molar-refractivity contribution in [3.8, 4) is 0 Å². The molecule has 0 aliphatic rings. The minimum Gasteiger partial charge on any atom is -0.409 e. The molecule has 0 fully saturated rings. The Morgan fingerprint density at radius 3 is 2.48 bits per heavy atom. The van der Waals surface area contributed by atoms with Gasteiger partial charge in [0.25, 0.3) is 23.4 Å². The lowest BCUT2D eigenvalue weighted by atomic mass is 10.1. The van der Waals surface area contributed by atoms with Gasteiger partial charge in [-0.05, 0) is 31.5 Å². The van der Waals surface area contributed by atoms with Crippen LogP contribution in [-0.4, -0.2) is 54.8 Å². The van der Waals surface area contributed by atoms with Gasteiger partial charge in [0.1, 0.15) is 22.9 Å². The van der Waals surface area contributed by atoms with Crippen LogP contribution in [0.4, 0.5) is 17.1 Å². The molecule has 3 aromatic heterocycles. The standard InChI is InChI=1S/C25H27N9O6/c1-12-16(31-24(36)21-13(2)19-14(29-21)5-4-6-17(19)34(39)40)11-28-20(12)23(35)30-15-8-10-33(3)22(15)25(37)27-9-7-18(26)32-38/h4-6,8,10-11,28-29,38H,7,9H2,1-3H3,(H2,26,32)(H,27,37)(H,30,35)(H,31,36). The second-order valence-corrected chi connectivity index (χ2v) is 8.98. The molecule has 15 nitrogen and oxygen atoms in total. The smallest absolute Gasteiger partial charge is 0.279 e. The number of nitro benzene ring substituents is 1. The molecule has 3 amide bonds. The number of non-ortho nitro benzene ring substituents is 1. The number of carbonyl (C=O) groups is 3. The molecule has 4 aromatic rings. The molecule has 208 valence electrons. The Bertz CT molecular complexity index is 1680. The Morgan fingerprint density at radius 1 is 1.07 bits per heavy atom. The summed E-state index contributed by atoms with van der Waals surface area (Å²) in [6, 6.07) is 6.11. The van der Waals surface area contributed by atoms with E-state index >= 15 is 0 Å². The van der Waals surface area contributed by atoms with Crippen molar-refractivity contribution in [1.82, 2.24) is 19.9 Å². The normalized spacial score (nSPS) is 11.4. The molecule has 0 radical (unpaired) electrons. The van der Waals surface area contributed by atoms with Gasteiger partial charge in [-0.3, -0.25) is 24.5 Å². The van der Waals surface area contributed by atoms with Gasteiger partial charge in [0, 0.05) is 44.0 Å². The third kappa shape index (κ3) is 5.20. The molecular formula is C25H27N9O6. The van der Waals surface area contributed by atoms with Gasteiger partial charge in [0.2, 0.25) is 0 Å². The number of fused-ring (bicyclic) bond motifs is 1. The van der Waals surface area contributed by atoms with Gasteiger partial charge in [-0.25, -0.2) is 0 Å². The van der Waals surface area contributed by atoms with Crippen molar-refractivity contribution in [2.45, 2.75) is 20.3 Å². The summed E-state index contributed by atoms with van der Waals surface area (Å²) in [6.45, 7) is 3.37. The lowest BCUT2D eigenvalue weighted by Crippen LogP contribution is -2.30. The van der Waals surface area contributed by atoms with Crippen molar-refractivity contribution in [1.29, 1.82) is 0 Å². The van der Waals surface area contributed by atoms with E-state index in [1.165, 1.54) is 22.9 Å². The number of nitrogens with one attached hydrogen (secondary N) is 5. The second-order valence-electron chi connectivity index (χ2n) is 8.98. The van der Waals surface area contributed by atoms with Gasteiger partial charge >= 0.3 is 0 Å². The topological polar surface area (TPSA) is 226 Å². The average Bonchev–Trinajstić information content (AvgIpc) is 3.58. The van der Waals surface area contributed by atoms with E-state index in [9.17, 15) is 24.5 Å². The van der Waals surface area contributed by atoms with Gasteiger partial charge < -0.3 is 41.4 Å². The molecule has 0 bridgehead atoms. The number of anilines is 2. The Balaban J connectivity index is 1.50. The van der Waals surface area contributed by atoms with Crippen LogP contribution >= 0.6 is 0 Å². The summed E-state index contributed by atoms with van der Waals surface area (Å²) in [6.07, 6.45) is 3.20. The summed E-state index contributed by atoms with van der Waals surface area (Å²) >= 11 is 0. The van der Waals surface area contributed by atoms with Gasteiger partial charge in [0.05, 0.1) is 27.2 Å². The van der Waals surface area contributed by atoms with Gasteiger partial charge in [0.15, 0.2) is 0 Å². The number of nitrogens with two attached hydrogens (primary N) is 1. The zero-order chi connectivity index (χ0) is 29.1. The first kappa shape index (κ1) is 27.4. The Labute approximate surface area is 226 Å². The summed E-state index contributed by atoms with van der Waals surface area (Å²) in [7, 11) is 1.64. The van der Waals surface area contributed by atoms with Crippen LogP contribution in [0.3, 0.4) is 0 Å². The number of nitro groups is 1. The van der Waals surface area contributed by atoms with E-state index in [1.54, 1.807) is 39.2 Å². The molecule has 0 atom stereocenters. The number of hydrogen-bond acceptors (Lipinski definition) is 7. The molecule has 0 saturated heterocycles. The van der Waals surface area contributed by atoms with E-state index < -0.39 is 22.6 Å². The Kier molecular flexibility index (Phi) is 7.56. The molecule has 0 aliphatic heterocycles. The molecule has 3 heterocycles. The molecule has 8 N–H and O–H groups in total. The predicted octanol–water partition coefficient (Wildman–Crippen LogP) is 2.73. The fraction of sp³-hybridized carbons (Fsp3) is 0.200. The summed E-state index contributed by atoms with van der Waals surface area (Å²) < 4.78 is 1.54. The highest BCUT2D eigenvalue weighted by molar-refractivity contribution is 6.12. The number of rotatable bonds is 9. The minimum atomic E-state index is -0.549. The number of nitrogens with zero attached hydrogens (tertiary/aromatic N) is 3. The second kappa shape index (κ2) is 11.0. The first-order valence-electron chi connectivity index (χ1n) is 12.0. The van der Waals surface area contributed by atoms with Crippen LogP contribution in [0, 0.1) is 24.0 Å². The number of hydrogen-bond donors (Lipinski definition) is 7. The number of oxime groups is 1. The Morgan fingerprint density at radius 2 is 1.77 bits per heavy atom. The zero-order valence-electron chi connectivity index (χ0n) is 21.8. The molecule has 4 rings (SSSR count).